The number of nitrogens with one attached hydrogen (secondary N) is 1. The van der Waals surface area contributed by atoms with Gasteiger partial charge in [-0.2, -0.15) is 0 Å². The van der Waals surface area contributed by atoms with Crippen molar-refractivity contribution in [3.05, 3.63) is 81.8 Å². The molecule has 0 atom stereocenters. The number of nitrogens with zero attached hydrogens (tertiary/aromatic N) is 1. The zero-order valence-electron chi connectivity index (χ0n) is 13.6. The number of aryl methyl sites for hydroxylation is 2. The summed E-state index contributed by atoms with van der Waals surface area (Å²) < 4.78 is 6.31. The highest BCUT2D eigenvalue weighted by Crippen LogP contribution is 2.20. The SMILES string of the molecule is Cc1ccc(CNC(=O)c2c(-c3ccccc3)c(=O)on2C)cc1. The van der Waals surface area contributed by atoms with Crippen molar-refractivity contribution in [2.24, 2.45) is 7.05 Å². The second-order valence-electron chi connectivity index (χ2n) is 5.63. The average Bonchev–Trinajstić information content (AvgIpc) is 2.89. The van der Waals surface area contributed by atoms with Crippen molar-refractivity contribution in [1.29, 1.82) is 0 Å². The van der Waals surface area contributed by atoms with Crippen LogP contribution in [0.5, 0.6) is 0 Å². The van der Waals surface area contributed by atoms with Gasteiger partial charge in [0.15, 0.2) is 5.69 Å². The number of rotatable bonds is 4. The fourth-order valence-electron chi connectivity index (χ4n) is 2.56. The predicted octanol–water partition coefficient (Wildman–Crippen LogP) is 2.88. The van der Waals surface area contributed by atoms with Gasteiger partial charge in [-0.25, -0.2) is 9.53 Å². The zero-order valence-corrected chi connectivity index (χ0v) is 13.6. The van der Waals surface area contributed by atoms with Crippen molar-refractivity contribution >= 4 is 5.91 Å². The molecule has 0 bridgehead atoms. The first kappa shape index (κ1) is 15.8. The molecule has 0 saturated heterocycles. The highest BCUT2D eigenvalue weighted by atomic mass is 16.5. The lowest BCUT2D eigenvalue weighted by Gasteiger charge is -2.07. The Morgan fingerprint density at radius 1 is 1.08 bits per heavy atom. The van der Waals surface area contributed by atoms with Crippen molar-refractivity contribution in [1.82, 2.24) is 10.1 Å². The van der Waals surface area contributed by atoms with E-state index in [2.05, 4.69) is 5.32 Å². The van der Waals surface area contributed by atoms with Crippen LogP contribution in [0.15, 0.2) is 63.9 Å². The summed E-state index contributed by atoms with van der Waals surface area (Å²) in [5, 5.41) is 2.84. The highest BCUT2D eigenvalue weighted by Gasteiger charge is 2.23. The third-order valence-electron chi connectivity index (χ3n) is 3.83. The van der Waals surface area contributed by atoms with Gasteiger partial charge in [0.1, 0.15) is 5.56 Å². The molecule has 24 heavy (non-hydrogen) atoms. The van der Waals surface area contributed by atoms with Gasteiger partial charge in [-0.15, -0.1) is 0 Å². The fourth-order valence-corrected chi connectivity index (χ4v) is 2.56. The van der Waals surface area contributed by atoms with E-state index < -0.39 is 5.63 Å². The Balaban J connectivity index is 1.87. The second kappa shape index (κ2) is 6.58. The van der Waals surface area contributed by atoms with Gasteiger partial charge >= 0.3 is 5.63 Å². The molecule has 0 saturated carbocycles. The molecule has 0 spiro atoms. The first-order chi connectivity index (χ1) is 11.6. The minimum atomic E-state index is -0.524. The van der Waals surface area contributed by atoms with Gasteiger partial charge in [0, 0.05) is 13.6 Å². The number of hydrogen-bond acceptors (Lipinski definition) is 3. The molecule has 1 N–H and O–H groups in total. The number of carbonyl (C=O) groups excluding carboxylic acids is 1. The van der Waals surface area contributed by atoms with Gasteiger partial charge in [0.05, 0.1) is 0 Å². The van der Waals surface area contributed by atoms with Gasteiger partial charge in [0.25, 0.3) is 5.91 Å². The number of amides is 1. The molecule has 1 heterocycles. The van der Waals surface area contributed by atoms with Gasteiger partial charge in [-0.3, -0.25) is 4.79 Å². The maximum atomic E-state index is 12.6. The molecule has 5 nitrogen and oxygen atoms in total. The first-order valence-corrected chi connectivity index (χ1v) is 7.65. The van der Waals surface area contributed by atoms with E-state index in [0.29, 0.717) is 12.1 Å². The summed E-state index contributed by atoms with van der Waals surface area (Å²) in [4.78, 5) is 24.7. The Kier molecular flexibility index (Phi) is 4.33. The zero-order chi connectivity index (χ0) is 17.1. The monoisotopic (exact) mass is 322 g/mol. The topological polar surface area (TPSA) is 64.2 Å². The molecule has 3 rings (SSSR count). The molecule has 0 aliphatic heterocycles. The van der Waals surface area contributed by atoms with E-state index in [1.54, 1.807) is 19.2 Å². The average molecular weight is 322 g/mol. The fraction of sp³-hybridized carbons (Fsp3) is 0.158. The molecule has 122 valence electrons. The molecule has 0 unspecified atom stereocenters. The normalized spacial score (nSPS) is 10.6. The van der Waals surface area contributed by atoms with Crippen LogP contribution in [0.2, 0.25) is 0 Å². The number of aromatic nitrogens is 1. The predicted molar refractivity (Wildman–Crippen MR) is 91.7 cm³/mol. The van der Waals surface area contributed by atoms with Gasteiger partial charge in [-0.05, 0) is 18.1 Å². The Hall–Kier alpha value is -3.08. The lowest BCUT2D eigenvalue weighted by molar-refractivity contribution is 0.0931. The maximum Gasteiger partial charge on any atom is 0.366 e. The van der Waals surface area contributed by atoms with Gasteiger partial charge < -0.3 is 9.84 Å². The molecule has 1 aromatic heterocycles. The van der Waals surface area contributed by atoms with E-state index in [-0.39, 0.29) is 17.2 Å². The van der Waals surface area contributed by atoms with Crippen molar-refractivity contribution in [3.63, 3.8) is 0 Å². The maximum absolute atomic E-state index is 12.6. The van der Waals surface area contributed by atoms with Crippen molar-refractivity contribution in [2.45, 2.75) is 13.5 Å². The molecule has 5 heteroatoms. The van der Waals surface area contributed by atoms with Crippen LogP contribution in [-0.2, 0) is 13.6 Å². The van der Waals surface area contributed by atoms with E-state index in [1.165, 1.54) is 4.74 Å². The molecule has 0 radical (unpaired) electrons. The minimum absolute atomic E-state index is 0.221. The van der Waals surface area contributed by atoms with Crippen LogP contribution in [0.25, 0.3) is 11.1 Å². The van der Waals surface area contributed by atoms with Crippen molar-refractivity contribution in [2.75, 3.05) is 0 Å². The summed E-state index contributed by atoms with van der Waals surface area (Å²) in [7, 11) is 1.55. The molecule has 1 amide bonds. The molecule has 2 aromatic carbocycles. The molecular weight excluding hydrogens is 304 g/mol. The smallest absolute Gasteiger partial charge is 0.347 e. The Morgan fingerprint density at radius 2 is 1.75 bits per heavy atom. The number of hydrogen-bond donors (Lipinski definition) is 1. The van der Waals surface area contributed by atoms with Crippen LogP contribution in [0, 0.1) is 6.92 Å². The van der Waals surface area contributed by atoms with E-state index in [9.17, 15) is 9.59 Å². The number of carbonyl (C=O) groups is 1. The lowest BCUT2D eigenvalue weighted by atomic mass is 10.1. The van der Waals surface area contributed by atoms with Crippen LogP contribution >= 0.6 is 0 Å². The minimum Gasteiger partial charge on any atom is -0.347 e. The van der Waals surface area contributed by atoms with Gasteiger partial charge in [0.2, 0.25) is 0 Å². The van der Waals surface area contributed by atoms with E-state index >= 15 is 0 Å². The van der Waals surface area contributed by atoms with E-state index in [0.717, 1.165) is 11.1 Å². The molecule has 0 aliphatic carbocycles. The first-order valence-electron chi connectivity index (χ1n) is 7.65. The molecule has 0 fully saturated rings. The van der Waals surface area contributed by atoms with Crippen molar-refractivity contribution in [3.8, 4) is 11.1 Å². The van der Waals surface area contributed by atoms with Crippen LogP contribution in [0.4, 0.5) is 0 Å². The van der Waals surface area contributed by atoms with E-state index in [1.807, 2.05) is 49.4 Å². The van der Waals surface area contributed by atoms with Crippen LogP contribution < -0.4 is 10.9 Å². The van der Waals surface area contributed by atoms with Crippen LogP contribution in [0.1, 0.15) is 21.6 Å². The third-order valence-corrected chi connectivity index (χ3v) is 3.83. The summed E-state index contributed by atoms with van der Waals surface area (Å²) in [6.45, 7) is 2.39. The van der Waals surface area contributed by atoms with Gasteiger partial charge in [-0.1, -0.05) is 60.2 Å². The Labute approximate surface area is 139 Å². The van der Waals surface area contributed by atoms with Crippen LogP contribution in [0.3, 0.4) is 0 Å². The quantitative estimate of drug-likeness (QED) is 0.803. The lowest BCUT2D eigenvalue weighted by Crippen LogP contribution is -2.25. The summed E-state index contributed by atoms with van der Waals surface area (Å²) in [6.07, 6.45) is 0. The molecule has 0 aliphatic rings. The summed E-state index contributed by atoms with van der Waals surface area (Å²) in [5.74, 6) is -0.345. The van der Waals surface area contributed by atoms with Crippen LogP contribution in [-0.4, -0.2) is 10.6 Å². The summed E-state index contributed by atoms with van der Waals surface area (Å²) >= 11 is 0. The summed E-state index contributed by atoms with van der Waals surface area (Å²) in [5.41, 5.74) is 2.78. The second-order valence-corrected chi connectivity index (χ2v) is 5.63. The third kappa shape index (κ3) is 3.15. The largest absolute Gasteiger partial charge is 0.366 e. The Morgan fingerprint density at radius 3 is 2.42 bits per heavy atom. The summed E-state index contributed by atoms with van der Waals surface area (Å²) in [6, 6.07) is 16.9. The molecule has 3 aromatic rings. The standard InChI is InChI=1S/C19H18N2O3/c1-13-8-10-14(11-9-13)12-20-18(22)17-16(19(23)24-21(17)2)15-6-4-3-5-7-15/h3-11H,12H2,1-2H3,(H,20,22). The molecular formula is C19H18N2O3. The number of benzene rings is 2. The van der Waals surface area contributed by atoms with E-state index in [4.69, 9.17) is 4.52 Å². The van der Waals surface area contributed by atoms with Crippen molar-refractivity contribution < 1.29 is 9.32 Å². The highest BCUT2D eigenvalue weighted by molar-refractivity contribution is 5.98. The Bertz CT molecular complexity index is 906.